The first-order valence-corrected chi connectivity index (χ1v) is 6.38. The van der Waals surface area contributed by atoms with E-state index in [1.54, 1.807) is 0 Å². The molecule has 1 aromatic heterocycles. The normalized spacial score (nSPS) is 11.2. The Balaban J connectivity index is 2.15. The SMILES string of the molecule is CNc1cccc(Nc2ccc(C(C)(C)C)nn2)c1. The smallest absolute Gasteiger partial charge is 0.153 e. The monoisotopic (exact) mass is 256 g/mol. The first-order valence-electron chi connectivity index (χ1n) is 6.38. The standard InChI is InChI=1S/C15H20N4/c1-15(2,3)13-8-9-14(19-18-13)17-12-7-5-6-11(10-12)16-4/h5-10,16H,1-4H3,(H,17,19). The molecule has 0 saturated heterocycles. The van der Waals surface area contributed by atoms with Crippen LogP contribution in [0.1, 0.15) is 26.5 Å². The molecular weight excluding hydrogens is 236 g/mol. The number of rotatable bonds is 3. The van der Waals surface area contributed by atoms with E-state index >= 15 is 0 Å². The van der Waals surface area contributed by atoms with Crippen LogP contribution in [0.15, 0.2) is 36.4 Å². The quantitative estimate of drug-likeness (QED) is 0.881. The molecule has 0 aliphatic heterocycles. The second kappa shape index (κ2) is 5.26. The van der Waals surface area contributed by atoms with Crippen LogP contribution in [0.25, 0.3) is 0 Å². The van der Waals surface area contributed by atoms with Crippen molar-refractivity contribution in [3.8, 4) is 0 Å². The van der Waals surface area contributed by atoms with Gasteiger partial charge in [-0.15, -0.1) is 5.10 Å². The van der Waals surface area contributed by atoms with Crippen LogP contribution in [-0.2, 0) is 5.41 Å². The first-order chi connectivity index (χ1) is 8.99. The maximum Gasteiger partial charge on any atom is 0.153 e. The van der Waals surface area contributed by atoms with Crippen molar-refractivity contribution in [1.82, 2.24) is 10.2 Å². The van der Waals surface area contributed by atoms with E-state index in [4.69, 9.17) is 0 Å². The largest absolute Gasteiger partial charge is 0.388 e. The van der Waals surface area contributed by atoms with Crippen molar-refractivity contribution in [2.75, 3.05) is 17.7 Å². The summed E-state index contributed by atoms with van der Waals surface area (Å²) in [5.74, 6) is 0.751. The van der Waals surface area contributed by atoms with Crippen LogP contribution >= 0.6 is 0 Å². The van der Waals surface area contributed by atoms with Gasteiger partial charge >= 0.3 is 0 Å². The molecule has 4 nitrogen and oxygen atoms in total. The Morgan fingerprint density at radius 1 is 0.947 bits per heavy atom. The third-order valence-corrected chi connectivity index (χ3v) is 2.86. The lowest BCUT2D eigenvalue weighted by Gasteiger charge is -2.16. The summed E-state index contributed by atoms with van der Waals surface area (Å²) in [5, 5.41) is 14.8. The topological polar surface area (TPSA) is 49.8 Å². The van der Waals surface area contributed by atoms with Gasteiger partial charge in [-0.25, -0.2) is 0 Å². The highest BCUT2D eigenvalue weighted by Crippen LogP contribution is 2.22. The zero-order valence-corrected chi connectivity index (χ0v) is 11.9. The van der Waals surface area contributed by atoms with Crippen molar-refractivity contribution in [3.63, 3.8) is 0 Å². The molecule has 0 aliphatic rings. The summed E-state index contributed by atoms with van der Waals surface area (Å²) in [6.07, 6.45) is 0. The van der Waals surface area contributed by atoms with E-state index in [1.165, 1.54) is 0 Å². The molecule has 0 fully saturated rings. The molecule has 0 atom stereocenters. The third-order valence-electron chi connectivity index (χ3n) is 2.86. The molecule has 2 N–H and O–H groups in total. The summed E-state index contributed by atoms with van der Waals surface area (Å²) in [6, 6.07) is 12.0. The fourth-order valence-electron chi connectivity index (χ4n) is 1.70. The number of nitrogens with zero attached hydrogens (tertiary/aromatic N) is 2. The van der Waals surface area contributed by atoms with Gasteiger partial charge in [0.25, 0.3) is 0 Å². The average molecular weight is 256 g/mol. The maximum absolute atomic E-state index is 4.26. The summed E-state index contributed by atoms with van der Waals surface area (Å²) < 4.78 is 0. The zero-order valence-electron chi connectivity index (χ0n) is 11.9. The van der Waals surface area contributed by atoms with Gasteiger partial charge in [0.15, 0.2) is 5.82 Å². The average Bonchev–Trinajstić information content (AvgIpc) is 2.38. The Labute approximate surface area is 114 Å². The molecule has 19 heavy (non-hydrogen) atoms. The van der Waals surface area contributed by atoms with Gasteiger partial charge in [0.2, 0.25) is 0 Å². The van der Waals surface area contributed by atoms with Crippen molar-refractivity contribution in [1.29, 1.82) is 0 Å². The van der Waals surface area contributed by atoms with Gasteiger partial charge in [-0.1, -0.05) is 26.8 Å². The van der Waals surface area contributed by atoms with Gasteiger partial charge < -0.3 is 10.6 Å². The van der Waals surface area contributed by atoms with E-state index in [0.29, 0.717) is 0 Å². The number of nitrogens with one attached hydrogen (secondary N) is 2. The van der Waals surface area contributed by atoms with Crippen molar-refractivity contribution >= 4 is 17.2 Å². The van der Waals surface area contributed by atoms with Crippen molar-refractivity contribution in [2.24, 2.45) is 0 Å². The minimum absolute atomic E-state index is 0.0254. The molecule has 4 heteroatoms. The zero-order chi connectivity index (χ0) is 13.9. The lowest BCUT2D eigenvalue weighted by molar-refractivity contribution is 0.559. The molecule has 1 heterocycles. The molecular formula is C15H20N4. The predicted octanol–water partition coefficient (Wildman–Crippen LogP) is 3.56. The van der Waals surface area contributed by atoms with Gasteiger partial charge in [0.05, 0.1) is 5.69 Å². The summed E-state index contributed by atoms with van der Waals surface area (Å²) in [6.45, 7) is 6.38. The van der Waals surface area contributed by atoms with Crippen LogP contribution in [0.3, 0.4) is 0 Å². The number of hydrogen-bond donors (Lipinski definition) is 2. The van der Waals surface area contributed by atoms with Gasteiger partial charge in [-0.05, 0) is 30.3 Å². The van der Waals surface area contributed by atoms with Crippen LogP contribution in [-0.4, -0.2) is 17.2 Å². The second-order valence-corrected chi connectivity index (χ2v) is 5.51. The molecule has 2 aromatic rings. The molecule has 0 radical (unpaired) electrons. The van der Waals surface area contributed by atoms with Gasteiger partial charge in [0.1, 0.15) is 0 Å². The van der Waals surface area contributed by atoms with Crippen LogP contribution in [0.5, 0.6) is 0 Å². The maximum atomic E-state index is 4.26. The van der Waals surface area contributed by atoms with E-state index in [-0.39, 0.29) is 5.41 Å². The van der Waals surface area contributed by atoms with Crippen LogP contribution in [0.2, 0.25) is 0 Å². The van der Waals surface area contributed by atoms with Gasteiger partial charge in [-0.2, -0.15) is 5.10 Å². The molecule has 1 aromatic carbocycles. The van der Waals surface area contributed by atoms with Crippen LogP contribution < -0.4 is 10.6 Å². The molecule has 0 saturated carbocycles. The molecule has 0 unspecified atom stereocenters. The molecule has 2 rings (SSSR count). The van der Waals surface area contributed by atoms with Crippen molar-refractivity contribution < 1.29 is 0 Å². The summed E-state index contributed by atoms with van der Waals surface area (Å²) in [5.41, 5.74) is 3.06. The van der Waals surface area contributed by atoms with E-state index in [9.17, 15) is 0 Å². The third kappa shape index (κ3) is 3.44. The molecule has 0 aliphatic carbocycles. The first kappa shape index (κ1) is 13.3. The lowest BCUT2D eigenvalue weighted by Crippen LogP contribution is -2.14. The molecule has 0 bridgehead atoms. The van der Waals surface area contributed by atoms with Crippen molar-refractivity contribution in [2.45, 2.75) is 26.2 Å². The number of aromatic nitrogens is 2. The Kier molecular flexibility index (Phi) is 3.69. The summed E-state index contributed by atoms with van der Waals surface area (Å²) in [4.78, 5) is 0. The summed E-state index contributed by atoms with van der Waals surface area (Å²) in [7, 11) is 1.90. The fraction of sp³-hybridized carbons (Fsp3) is 0.333. The Morgan fingerprint density at radius 3 is 2.26 bits per heavy atom. The number of hydrogen-bond acceptors (Lipinski definition) is 4. The van der Waals surface area contributed by atoms with E-state index in [0.717, 1.165) is 22.9 Å². The van der Waals surface area contributed by atoms with Gasteiger partial charge in [-0.3, -0.25) is 0 Å². The van der Waals surface area contributed by atoms with E-state index in [1.807, 2.05) is 43.4 Å². The highest BCUT2D eigenvalue weighted by molar-refractivity contribution is 5.62. The lowest BCUT2D eigenvalue weighted by atomic mass is 9.92. The minimum Gasteiger partial charge on any atom is -0.388 e. The van der Waals surface area contributed by atoms with Crippen LogP contribution in [0.4, 0.5) is 17.2 Å². The van der Waals surface area contributed by atoms with E-state index < -0.39 is 0 Å². The Bertz CT molecular complexity index is 541. The van der Waals surface area contributed by atoms with E-state index in [2.05, 4.69) is 41.6 Å². The molecule has 0 amide bonds. The van der Waals surface area contributed by atoms with Crippen molar-refractivity contribution in [3.05, 3.63) is 42.1 Å². The fourth-order valence-corrected chi connectivity index (χ4v) is 1.70. The Hall–Kier alpha value is -2.10. The number of benzene rings is 1. The Morgan fingerprint density at radius 2 is 1.68 bits per heavy atom. The minimum atomic E-state index is 0.0254. The predicted molar refractivity (Wildman–Crippen MR) is 80.0 cm³/mol. The molecule has 0 spiro atoms. The second-order valence-electron chi connectivity index (χ2n) is 5.51. The number of anilines is 3. The molecule has 100 valence electrons. The van der Waals surface area contributed by atoms with Gasteiger partial charge in [0, 0.05) is 23.8 Å². The highest BCUT2D eigenvalue weighted by atomic mass is 15.2. The summed E-state index contributed by atoms with van der Waals surface area (Å²) >= 11 is 0. The van der Waals surface area contributed by atoms with Crippen LogP contribution in [0, 0.1) is 0 Å². The highest BCUT2D eigenvalue weighted by Gasteiger charge is 2.15.